The minimum Gasteiger partial charge on any atom is -0.389 e. The van der Waals surface area contributed by atoms with Crippen molar-refractivity contribution in [1.29, 1.82) is 0 Å². The van der Waals surface area contributed by atoms with Crippen molar-refractivity contribution in [1.82, 2.24) is 0 Å². The number of hydrogen-bond donors (Lipinski definition) is 2. The lowest BCUT2D eigenvalue weighted by molar-refractivity contribution is 0.0588. The van der Waals surface area contributed by atoms with Gasteiger partial charge in [-0.05, 0) is 18.2 Å². The zero-order chi connectivity index (χ0) is 11.8. The van der Waals surface area contributed by atoms with E-state index in [0.29, 0.717) is 5.69 Å². The lowest BCUT2D eigenvalue weighted by Crippen LogP contribution is -2.24. The van der Waals surface area contributed by atoms with Crippen LogP contribution in [0, 0.1) is 18.2 Å². The minimum atomic E-state index is -0.670. The Hall–Kier alpha value is -1.57. The van der Waals surface area contributed by atoms with Gasteiger partial charge in [0.1, 0.15) is 12.4 Å². The summed E-state index contributed by atoms with van der Waals surface area (Å²) in [5.74, 6) is 1.98. The maximum absolute atomic E-state index is 12.8. The first-order chi connectivity index (χ1) is 7.72. The maximum atomic E-state index is 12.8. The molecule has 3 nitrogen and oxygen atoms in total. The second kappa shape index (κ2) is 6.83. The van der Waals surface area contributed by atoms with Gasteiger partial charge in [0, 0.05) is 12.2 Å². The molecule has 16 heavy (non-hydrogen) atoms. The van der Waals surface area contributed by atoms with E-state index < -0.39 is 6.10 Å². The van der Waals surface area contributed by atoms with Crippen LogP contribution in [0.15, 0.2) is 24.3 Å². The van der Waals surface area contributed by atoms with Gasteiger partial charge in [-0.25, -0.2) is 4.39 Å². The van der Waals surface area contributed by atoms with Crippen LogP contribution in [0.1, 0.15) is 0 Å². The Morgan fingerprint density at radius 1 is 1.56 bits per heavy atom. The Morgan fingerprint density at radius 3 is 3.06 bits per heavy atom. The molecular weight excluding hydrogens is 209 g/mol. The molecule has 0 radical (unpaired) electrons. The molecule has 0 aromatic heterocycles. The molecule has 0 amide bonds. The summed E-state index contributed by atoms with van der Waals surface area (Å²) in [4.78, 5) is 0. The topological polar surface area (TPSA) is 41.5 Å². The molecule has 0 saturated carbocycles. The third-order valence-electron chi connectivity index (χ3n) is 1.86. The lowest BCUT2D eigenvalue weighted by Gasteiger charge is -2.12. The van der Waals surface area contributed by atoms with E-state index in [2.05, 4.69) is 11.2 Å². The summed E-state index contributed by atoms with van der Waals surface area (Å²) in [6, 6.07) is 6.03. The van der Waals surface area contributed by atoms with Crippen LogP contribution in [0.3, 0.4) is 0 Å². The first kappa shape index (κ1) is 12.5. The largest absolute Gasteiger partial charge is 0.389 e. The van der Waals surface area contributed by atoms with Gasteiger partial charge in [0.2, 0.25) is 0 Å². The predicted molar refractivity (Wildman–Crippen MR) is 60.5 cm³/mol. The molecule has 1 rings (SSSR count). The van der Waals surface area contributed by atoms with E-state index in [4.69, 9.17) is 11.2 Å². The van der Waals surface area contributed by atoms with Crippen molar-refractivity contribution in [2.24, 2.45) is 0 Å². The highest BCUT2D eigenvalue weighted by atomic mass is 19.1. The summed E-state index contributed by atoms with van der Waals surface area (Å²) in [6.07, 6.45) is 4.31. The molecule has 0 bridgehead atoms. The highest BCUT2D eigenvalue weighted by Crippen LogP contribution is 2.08. The third-order valence-corrected chi connectivity index (χ3v) is 1.86. The second-order valence-electron chi connectivity index (χ2n) is 3.26. The van der Waals surface area contributed by atoms with Crippen LogP contribution in [-0.4, -0.2) is 31.0 Å². The van der Waals surface area contributed by atoms with Crippen LogP contribution >= 0.6 is 0 Å². The molecule has 0 heterocycles. The van der Waals surface area contributed by atoms with E-state index >= 15 is 0 Å². The van der Waals surface area contributed by atoms with Crippen LogP contribution in [0.4, 0.5) is 10.1 Å². The highest BCUT2D eigenvalue weighted by molar-refractivity contribution is 5.43. The fourth-order valence-corrected chi connectivity index (χ4v) is 1.15. The molecule has 0 saturated heterocycles. The summed E-state index contributed by atoms with van der Waals surface area (Å²) >= 11 is 0. The number of anilines is 1. The van der Waals surface area contributed by atoms with Crippen molar-refractivity contribution in [2.75, 3.05) is 25.1 Å². The molecule has 0 aliphatic rings. The summed E-state index contributed by atoms with van der Waals surface area (Å²) in [7, 11) is 0. The standard InChI is InChI=1S/C12H14FNO2/c1-2-6-16-9-12(15)8-14-11-5-3-4-10(13)7-11/h1,3-5,7,12,14-15H,6,8-9H2. The molecular formula is C12H14FNO2. The Balaban J connectivity index is 2.26. The van der Waals surface area contributed by atoms with Crippen molar-refractivity contribution in [3.05, 3.63) is 30.1 Å². The number of benzene rings is 1. The van der Waals surface area contributed by atoms with Gasteiger partial charge in [-0.1, -0.05) is 12.0 Å². The van der Waals surface area contributed by atoms with Gasteiger partial charge in [0.25, 0.3) is 0 Å². The summed E-state index contributed by atoms with van der Waals surface area (Å²) in [6.45, 7) is 0.623. The lowest BCUT2D eigenvalue weighted by atomic mass is 10.3. The minimum absolute atomic E-state index is 0.159. The van der Waals surface area contributed by atoms with Gasteiger partial charge in [0.15, 0.2) is 0 Å². The first-order valence-electron chi connectivity index (χ1n) is 4.91. The number of hydrogen-bond acceptors (Lipinski definition) is 3. The number of ether oxygens (including phenoxy) is 1. The van der Waals surface area contributed by atoms with Gasteiger partial charge in [-0.2, -0.15) is 0 Å². The Labute approximate surface area is 94.2 Å². The highest BCUT2D eigenvalue weighted by Gasteiger charge is 2.03. The second-order valence-corrected chi connectivity index (χ2v) is 3.26. The number of aliphatic hydroxyl groups is 1. The van der Waals surface area contributed by atoms with Gasteiger partial charge in [0.05, 0.1) is 12.7 Å². The molecule has 1 aromatic rings. The van der Waals surface area contributed by atoms with E-state index in [9.17, 15) is 9.50 Å². The summed E-state index contributed by atoms with van der Waals surface area (Å²) < 4.78 is 17.7. The molecule has 86 valence electrons. The number of halogens is 1. The van der Waals surface area contributed by atoms with Crippen LogP contribution in [0.25, 0.3) is 0 Å². The Bertz CT molecular complexity index is 362. The predicted octanol–water partition coefficient (Wildman–Crippen LogP) is 1.25. The average molecular weight is 223 g/mol. The third kappa shape index (κ3) is 4.78. The number of terminal acetylenes is 1. The molecule has 0 aliphatic heterocycles. The molecule has 0 aliphatic carbocycles. The molecule has 1 unspecified atom stereocenters. The zero-order valence-corrected chi connectivity index (χ0v) is 8.82. The van der Waals surface area contributed by atoms with Crippen molar-refractivity contribution in [3.8, 4) is 12.3 Å². The zero-order valence-electron chi connectivity index (χ0n) is 8.82. The maximum Gasteiger partial charge on any atom is 0.125 e. The SMILES string of the molecule is C#CCOCC(O)CNc1cccc(F)c1. The van der Waals surface area contributed by atoms with Crippen molar-refractivity contribution in [2.45, 2.75) is 6.10 Å². The fraction of sp³-hybridized carbons (Fsp3) is 0.333. The van der Waals surface area contributed by atoms with E-state index in [0.717, 1.165) is 0 Å². The van der Waals surface area contributed by atoms with E-state index in [-0.39, 0.29) is 25.6 Å². The van der Waals surface area contributed by atoms with Gasteiger partial charge < -0.3 is 15.2 Å². The number of aliphatic hydroxyl groups excluding tert-OH is 1. The average Bonchev–Trinajstić information content (AvgIpc) is 2.27. The Kier molecular flexibility index (Phi) is 5.34. The summed E-state index contributed by atoms with van der Waals surface area (Å²) in [5, 5.41) is 12.3. The van der Waals surface area contributed by atoms with Crippen molar-refractivity contribution < 1.29 is 14.2 Å². The monoisotopic (exact) mass is 223 g/mol. The quantitative estimate of drug-likeness (QED) is 0.563. The van der Waals surface area contributed by atoms with E-state index in [1.165, 1.54) is 12.1 Å². The van der Waals surface area contributed by atoms with Gasteiger partial charge in [-0.3, -0.25) is 0 Å². The van der Waals surface area contributed by atoms with Crippen molar-refractivity contribution >= 4 is 5.69 Å². The smallest absolute Gasteiger partial charge is 0.125 e. The van der Waals surface area contributed by atoms with Gasteiger partial charge in [-0.15, -0.1) is 6.42 Å². The number of nitrogens with one attached hydrogen (secondary N) is 1. The van der Waals surface area contributed by atoms with Crippen LogP contribution in [-0.2, 0) is 4.74 Å². The molecule has 4 heteroatoms. The molecule has 0 spiro atoms. The molecule has 1 atom stereocenters. The normalized spacial score (nSPS) is 11.8. The van der Waals surface area contributed by atoms with E-state index in [1.54, 1.807) is 12.1 Å². The first-order valence-corrected chi connectivity index (χ1v) is 4.91. The van der Waals surface area contributed by atoms with Crippen LogP contribution < -0.4 is 5.32 Å². The molecule has 0 fully saturated rings. The van der Waals surface area contributed by atoms with Crippen LogP contribution in [0.5, 0.6) is 0 Å². The van der Waals surface area contributed by atoms with Crippen LogP contribution in [0.2, 0.25) is 0 Å². The summed E-state index contributed by atoms with van der Waals surface area (Å²) in [5.41, 5.74) is 0.621. The fourth-order valence-electron chi connectivity index (χ4n) is 1.15. The molecule has 2 N–H and O–H groups in total. The number of rotatable bonds is 6. The van der Waals surface area contributed by atoms with Crippen molar-refractivity contribution in [3.63, 3.8) is 0 Å². The Morgan fingerprint density at radius 2 is 2.38 bits per heavy atom. The van der Waals surface area contributed by atoms with Gasteiger partial charge >= 0.3 is 0 Å². The molecule has 1 aromatic carbocycles. The van der Waals surface area contributed by atoms with E-state index in [1.807, 2.05) is 0 Å².